The first-order valence-corrected chi connectivity index (χ1v) is 21.2. The Morgan fingerprint density at radius 1 is 0.396 bits per heavy atom. The number of ether oxygens (including phenoxy) is 2. The molecule has 6 heteroatoms. The number of hydrogen-bond donors (Lipinski definition) is 0. The van der Waals surface area contributed by atoms with Gasteiger partial charge in [-0.15, -0.1) is 45.3 Å². The smallest absolute Gasteiger partial charge is 0.0701 e. The zero-order valence-electron chi connectivity index (χ0n) is 28.6. The summed E-state index contributed by atoms with van der Waals surface area (Å²) in [6, 6.07) is 19.9. The van der Waals surface area contributed by atoms with Crippen LogP contribution in [-0.4, -0.2) is 26.4 Å². The molecule has 1 aliphatic rings. The van der Waals surface area contributed by atoms with E-state index in [9.17, 15) is 0 Å². The molecule has 1 saturated heterocycles. The molecule has 9 rings (SSSR count). The molecular formula is C42H44O2S4. The van der Waals surface area contributed by atoms with E-state index in [2.05, 4.69) is 76.2 Å². The second-order valence-corrected chi connectivity index (χ2v) is 17.7. The SMILES string of the molecule is C1COCCO1.CCCc1cc2c3cc(CCC)sc3c3c4ccc5c6sc(CCC)cc6c6cc(CCC)sc6c5c4ccc3c2s1. The first kappa shape index (κ1) is 32.6. The minimum Gasteiger partial charge on any atom is -0.377 e. The summed E-state index contributed by atoms with van der Waals surface area (Å²) in [7, 11) is 0. The number of fused-ring (bicyclic) bond motifs is 15. The molecule has 0 spiro atoms. The third kappa shape index (κ3) is 5.67. The zero-order valence-corrected chi connectivity index (χ0v) is 31.8. The van der Waals surface area contributed by atoms with E-state index < -0.39 is 0 Å². The molecule has 0 aliphatic carbocycles. The molecule has 0 N–H and O–H groups in total. The number of benzene rings is 4. The normalized spacial score (nSPS) is 14.0. The molecule has 0 bridgehead atoms. The fourth-order valence-electron chi connectivity index (χ4n) is 7.53. The fourth-order valence-corrected chi connectivity index (χ4v) is 12.8. The van der Waals surface area contributed by atoms with Gasteiger partial charge in [-0.25, -0.2) is 0 Å². The zero-order chi connectivity index (χ0) is 32.8. The van der Waals surface area contributed by atoms with Crippen molar-refractivity contribution in [2.24, 2.45) is 0 Å². The third-order valence-corrected chi connectivity index (χ3v) is 14.5. The van der Waals surface area contributed by atoms with Crippen LogP contribution in [0.3, 0.4) is 0 Å². The molecule has 0 unspecified atom stereocenters. The van der Waals surface area contributed by atoms with Crippen LogP contribution in [0.5, 0.6) is 0 Å². The molecule has 8 aromatic rings. The van der Waals surface area contributed by atoms with Crippen molar-refractivity contribution in [1.82, 2.24) is 0 Å². The molecule has 4 aromatic heterocycles. The van der Waals surface area contributed by atoms with Crippen LogP contribution >= 0.6 is 45.3 Å². The summed E-state index contributed by atoms with van der Waals surface area (Å²) < 4.78 is 15.8. The van der Waals surface area contributed by atoms with Gasteiger partial charge in [0.2, 0.25) is 0 Å². The molecule has 1 fully saturated rings. The summed E-state index contributed by atoms with van der Waals surface area (Å²) >= 11 is 8.15. The lowest BCUT2D eigenvalue weighted by Gasteiger charge is -2.12. The van der Waals surface area contributed by atoms with Crippen LogP contribution in [0.4, 0.5) is 0 Å². The van der Waals surface area contributed by atoms with Gasteiger partial charge in [-0.2, -0.15) is 0 Å². The Labute approximate surface area is 299 Å². The highest BCUT2D eigenvalue weighted by Crippen LogP contribution is 2.50. The second kappa shape index (κ2) is 14.0. The maximum atomic E-state index is 4.94. The minimum atomic E-state index is 0.778. The number of rotatable bonds is 8. The summed E-state index contributed by atoms with van der Waals surface area (Å²) in [6.07, 6.45) is 9.43. The fraction of sp³-hybridized carbons (Fsp3) is 0.381. The van der Waals surface area contributed by atoms with Crippen molar-refractivity contribution in [2.75, 3.05) is 26.4 Å². The highest BCUT2D eigenvalue weighted by Gasteiger charge is 2.21. The Hall–Kier alpha value is -2.58. The number of aryl methyl sites for hydroxylation is 4. The van der Waals surface area contributed by atoms with E-state index in [-0.39, 0.29) is 0 Å². The quantitative estimate of drug-likeness (QED) is 0.146. The third-order valence-electron chi connectivity index (χ3n) is 9.59. The van der Waals surface area contributed by atoms with Gasteiger partial charge in [0.25, 0.3) is 0 Å². The standard InChI is InChI=1S/C38H36S4.C4H8O2/c1-5-9-21-17-29-31-19-23(11-7-3)41-37(31)33-25-14-16-28-34(26(25)13-15-27(33)35(29)39-21)38-32(20-24(42-38)12-8-4)30-18-22(10-6-2)40-36(28)30;1-2-6-4-3-5-1/h13-20H,5-12H2,1-4H3;1-4H2. The Morgan fingerprint density at radius 2 is 0.688 bits per heavy atom. The van der Waals surface area contributed by atoms with Crippen molar-refractivity contribution in [3.63, 3.8) is 0 Å². The van der Waals surface area contributed by atoms with E-state index >= 15 is 0 Å². The van der Waals surface area contributed by atoms with Gasteiger partial charge in [-0.05, 0) is 60.7 Å². The minimum absolute atomic E-state index is 0.778. The van der Waals surface area contributed by atoms with E-state index in [0.29, 0.717) is 0 Å². The molecule has 0 atom stereocenters. The molecular weight excluding hydrogens is 665 g/mol. The predicted molar refractivity (Wildman–Crippen MR) is 218 cm³/mol. The maximum absolute atomic E-state index is 4.94. The Balaban J connectivity index is 0.000000508. The largest absolute Gasteiger partial charge is 0.377 e. The van der Waals surface area contributed by atoms with Crippen LogP contribution in [0.1, 0.15) is 72.9 Å². The predicted octanol–water partition coefficient (Wildman–Crippen LogP) is 13.8. The van der Waals surface area contributed by atoms with Gasteiger partial charge in [-0.3, -0.25) is 0 Å². The van der Waals surface area contributed by atoms with Crippen LogP contribution < -0.4 is 0 Å². The molecule has 4 aromatic carbocycles. The summed E-state index contributed by atoms with van der Waals surface area (Å²) in [4.78, 5) is 6.09. The van der Waals surface area contributed by atoms with Gasteiger partial charge in [0.15, 0.2) is 0 Å². The van der Waals surface area contributed by atoms with Gasteiger partial charge in [0, 0.05) is 81.4 Å². The van der Waals surface area contributed by atoms with E-state index in [4.69, 9.17) is 9.47 Å². The van der Waals surface area contributed by atoms with E-state index in [0.717, 1.165) is 39.3 Å². The highest BCUT2D eigenvalue weighted by atomic mass is 32.1. The van der Waals surface area contributed by atoms with Crippen molar-refractivity contribution in [3.8, 4) is 0 Å². The van der Waals surface area contributed by atoms with Crippen molar-refractivity contribution < 1.29 is 9.47 Å². The van der Waals surface area contributed by atoms with Crippen molar-refractivity contribution >= 4 is 118 Å². The van der Waals surface area contributed by atoms with E-state index in [1.54, 1.807) is 0 Å². The highest BCUT2D eigenvalue weighted by molar-refractivity contribution is 7.23. The van der Waals surface area contributed by atoms with Crippen LogP contribution in [0.2, 0.25) is 0 Å². The molecule has 0 radical (unpaired) electrons. The second-order valence-electron chi connectivity index (χ2n) is 13.1. The lowest BCUT2D eigenvalue weighted by molar-refractivity contribution is -0.0334. The van der Waals surface area contributed by atoms with Gasteiger partial charge >= 0.3 is 0 Å². The lowest BCUT2D eigenvalue weighted by Crippen LogP contribution is -2.16. The van der Waals surface area contributed by atoms with Crippen molar-refractivity contribution in [2.45, 2.75) is 79.1 Å². The monoisotopic (exact) mass is 708 g/mol. The summed E-state index contributed by atoms with van der Waals surface area (Å²) in [5, 5.41) is 14.6. The average Bonchev–Trinajstić information content (AvgIpc) is 3.90. The Bertz CT molecular complexity index is 2240. The van der Waals surface area contributed by atoms with Gasteiger partial charge in [-0.1, -0.05) is 77.6 Å². The lowest BCUT2D eigenvalue weighted by atomic mass is 9.94. The van der Waals surface area contributed by atoms with Crippen molar-refractivity contribution in [1.29, 1.82) is 0 Å². The van der Waals surface area contributed by atoms with Gasteiger partial charge in [0.05, 0.1) is 26.4 Å². The molecule has 0 amide bonds. The molecule has 0 saturated carbocycles. The molecule has 48 heavy (non-hydrogen) atoms. The first-order chi connectivity index (χ1) is 23.6. The van der Waals surface area contributed by atoms with E-state index in [1.165, 1.54) is 131 Å². The molecule has 2 nitrogen and oxygen atoms in total. The van der Waals surface area contributed by atoms with Crippen LogP contribution in [0.15, 0.2) is 48.5 Å². The van der Waals surface area contributed by atoms with Crippen LogP contribution in [0, 0.1) is 0 Å². The first-order valence-electron chi connectivity index (χ1n) is 17.9. The Morgan fingerprint density at radius 3 is 1.00 bits per heavy atom. The summed E-state index contributed by atoms with van der Waals surface area (Å²) in [5.41, 5.74) is 0. The van der Waals surface area contributed by atoms with E-state index in [1.807, 2.05) is 45.3 Å². The molecule has 248 valence electrons. The van der Waals surface area contributed by atoms with Gasteiger partial charge < -0.3 is 9.47 Å². The van der Waals surface area contributed by atoms with Crippen molar-refractivity contribution in [3.05, 3.63) is 68.0 Å². The average molecular weight is 709 g/mol. The maximum Gasteiger partial charge on any atom is 0.0701 e. The van der Waals surface area contributed by atoms with Crippen LogP contribution in [-0.2, 0) is 35.2 Å². The summed E-state index contributed by atoms with van der Waals surface area (Å²) in [6.45, 7) is 12.3. The van der Waals surface area contributed by atoms with Crippen LogP contribution in [0.25, 0.3) is 72.7 Å². The molecule has 5 heterocycles. The topological polar surface area (TPSA) is 18.5 Å². The Kier molecular flexibility index (Phi) is 9.49. The number of hydrogen-bond acceptors (Lipinski definition) is 6. The molecule has 1 aliphatic heterocycles. The summed E-state index contributed by atoms with van der Waals surface area (Å²) in [5.74, 6) is 0. The van der Waals surface area contributed by atoms with Gasteiger partial charge in [0.1, 0.15) is 0 Å². The number of thiophene rings is 4.